The predicted octanol–water partition coefficient (Wildman–Crippen LogP) is 2.35. The molecule has 1 unspecified atom stereocenters. The minimum atomic E-state index is -0.109. The van der Waals surface area contributed by atoms with E-state index in [2.05, 4.69) is 14.9 Å². The molecule has 2 rings (SSSR count). The summed E-state index contributed by atoms with van der Waals surface area (Å²) in [5.41, 5.74) is 1.50. The molecule has 0 saturated carbocycles. The second kappa shape index (κ2) is 5.79. The lowest BCUT2D eigenvalue weighted by Crippen LogP contribution is -2.17. The van der Waals surface area contributed by atoms with Gasteiger partial charge in [0.2, 0.25) is 0 Å². The van der Waals surface area contributed by atoms with E-state index in [0.29, 0.717) is 11.3 Å². The summed E-state index contributed by atoms with van der Waals surface area (Å²) >= 11 is 1.34. The third-order valence-electron chi connectivity index (χ3n) is 2.71. The van der Waals surface area contributed by atoms with Crippen molar-refractivity contribution in [2.45, 2.75) is 20.0 Å². The molecule has 0 bridgehead atoms. The molecule has 0 fully saturated rings. The van der Waals surface area contributed by atoms with Crippen LogP contribution in [0.4, 0.5) is 0 Å². The molecule has 100 valence electrons. The summed E-state index contributed by atoms with van der Waals surface area (Å²) < 4.78 is 9.70. The average Bonchev–Trinajstić information content (AvgIpc) is 2.85. The molecule has 1 aromatic heterocycles. The van der Waals surface area contributed by atoms with Gasteiger partial charge in [0.1, 0.15) is 11.9 Å². The topological polar surface area (TPSA) is 64.1 Å². The Labute approximate surface area is 115 Å². The number of rotatable bonds is 4. The van der Waals surface area contributed by atoms with Crippen LogP contribution in [0.1, 0.15) is 34.0 Å². The van der Waals surface area contributed by atoms with E-state index in [0.717, 1.165) is 10.6 Å². The molecule has 1 heterocycles. The van der Waals surface area contributed by atoms with Gasteiger partial charge in [0, 0.05) is 12.6 Å². The summed E-state index contributed by atoms with van der Waals surface area (Å²) in [5, 5.41) is 6.54. The van der Waals surface area contributed by atoms with Crippen LogP contribution in [0.5, 0.6) is 5.75 Å². The van der Waals surface area contributed by atoms with Gasteiger partial charge in [-0.2, -0.15) is 0 Å². The zero-order valence-corrected chi connectivity index (χ0v) is 11.8. The first-order chi connectivity index (χ1) is 9.11. The number of aromatic nitrogens is 2. The first-order valence-corrected chi connectivity index (χ1v) is 6.67. The van der Waals surface area contributed by atoms with Gasteiger partial charge in [0.15, 0.2) is 0 Å². The highest BCUT2D eigenvalue weighted by molar-refractivity contribution is 7.05. The smallest absolute Gasteiger partial charge is 0.251 e. The molecule has 0 saturated heterocycles. The van der Waals surface area contributed by atoms with Gasteiger partial charge < -0.3 is 10.1 Å². The summed E-state index contributed by atoms with van der Waals surface area (Å²) in [6.07, 6.45) is -0.106. The fraction of sp³-hybridized carbons (Fsp3) is 0.308. The lowest BCUT2D eigenvalue weighted by Gasteiger charge is -2.13. The maximum atomic E-state index is 11.4. The van der Waals surface area contributed by atoms with Crippen molar-refractivity contribution in [2.75, 3.05) is 7.05 Å². The Kier molecular flexibility index (Phi) is 4.11. The Bertz CT molecular complexity index is 566. The number of hydrogen-bond acceptors (Lipinski definition) is 5. The van der Waals surface area contributed by atoms with Crippen molar-refractivity contribution in [1.82, 2.24) is 14.9 Å². The monoisotopic (exact) mass is 277 g/mol. The standard InChI is InChI=1S/C13H15N3O2S/c1-8-12(19-16-15-8)9(2)18-11-6-4-10(5-7-11)13(17)14-3/h4-7,9H,1-3H3,(H,14,17). The van der Waals surface area contributed by atoms with Gasteiger partial charge in [-0.3, -0.25) is 4.79 Å². The maximum absolute atomic E-state index is 11.4. The van der Waals surface area contributed by atoms with Crippen LogP contribution in [-0.2, 0) is 0 Å². The predicted molar refractivity (Wildman–Crippen MR) is 73.5 cm³/mol. The first kappa shape index (κ1) is 13.5. The maximum Gasteiger partial charge on any atom is 0.251 e. The number of benzene rings is 1. The zero-order chi connectivity index (χ0) is 13.8. The number of carbonyl (C=O) groups excluding carboxylic acids is 1. The number of amides is 1. The molecule has 1 aromatic carbocycles. The molecule has 2 aromatic rings. The van der Waals surface area contributed by atoms with Crippen molar-refractivity contribution in [1.29, 1.82) is 0 Å². The molecule has 0 radical (unpaired) electrons. The van der Waals surface area contributed by atoms with Crippen LogP contribution < -0.4 is 10.1 Å². The molecule has 0 aliphatic carbocycles. The molecular weight excluding hydrogens is 262 g/mol. The minimum Gasteiger partial charge on any atom is -0.485 e. The fourth-order valence-corrected chi connectivity index (χ4v) is 2.32. The molecule has 6 heteroatoms. The highest BCUT2D eigenvalue weighted by atomic mass is 32.1. The van der Waals surface area contributed by atoms with E-state index >= 15 is 0 Å². The van der Waals surface area contributed by atoms with Gasteiger partial charge in [-0.25, -0.2) is 0 Å². The SMILES string of the molecule is CNC(=O)c1ccc(OC(C)c2snnc2C)cc1. The Morgan fingerprint density at radius 3 is 2.58 bits per heavy atom. The van der Waals surface area contributed by atoms with E-state index < -0.39 is 0 Å². The van der Waals surface area contributed by atoms with Gasteiger partial charge >= 0.3 is 0 Å². The quantitative estimate of drug-likeness (QED) is 0.931. The molecule has 1 amide bonds. The molecule has 0 aliphatic heterocycles. The molecular formula is C13H15N3O2S. The minimum absolute atomic E-state index is 0.106. The van der Waals surface area contributed by atoms with Crippen molar-refractivity contribution >= 4 is 17.4 Å². The van der Waals surface area contributed by atoms with E-state index in [4.69, 9.17) is 4.74 Å². The van der Waals surface area contributed by atoms with E-state index in [9.17, 15) is 4.79 Å². The Morgan fingerprint density at radius 1 is 1.37 bits per heavy atom. The van der Waals surface area contributed by atoms with Crippen LogP contribution in [0.15, 0.2) is 24.3 Å². The molecule has 0 aliphatic rings. The van der Waals surface area contributed by atoms with Gasteiger partial charge in [-0.1, -0.05) is 4.49 Å². The molecule has 1 atom stereocenters. The number of ether oxygens (including phenoxy) is 1. The van der Waals surface area contributed by atoms with Gasteiger partial charge in [0.25, 0.3) is 5.91 Å². The van der Waals surface area contributed by atoms with Crippen molar-refractivity contribution in [3.63, 3.8) is 0 Å². The Balaban J connectivity index is 2.08. The summed E-state index contributed by atoms with van der Waals surface area (Å²) in [4.78, 5) is 12.4. The summed E-state index contributed by atoms with van der Waals surface area (Å²) in [6, 6.07) is 7.03. The van der Waals surface area contributed by atoms with Gasteiger partial charge in [-0.15, -0.1) is 5.10 Å². The number of aryl methyl sites for hydroxylation is 1. The van der Waals surface area contributed by atoms with Crippen molar-refractivity contribution in [2.24, 2.45) is 0 Å². The molecule has 5 nitrogen and oxygen atoms in total. The second-order valence-electron chi connectivity index (χ2n) is 4.09. The number of hydrogen-bond donors (Lipinski definition) is 1. The summed E-state index contributed by atoms with van der Waals surface area (Å²) in [7, 11) is 1.61. The van der Waals surface area contributed by atoms with Crippen molar-refractivity contribution in [3.8, 4) is 5.75 Å². The van der Waals surface area contributed by atoms with Gasteiger partial charge in [-0.05, 0) is 49.6 Å². The van der Waals surface area contributed by atoms with Crippen LogP contribution in [0, 0.1) is 6.92 Å². The van der Waals surface area contributed by atoms with Crippen LogP contribution in [0.3, 0.4) is 0 Å². The highest BCUT2D eigenvalue weighted by Gasteiger charge is 2.14. The van der Waals surface area contributed by atoms with E-state index in [1.807, 2.05) is 13.8 Å². The van der Waals surface area contributed by atoms with Crippen LogP contribution in [0.2, 0.25) is 0 Å². The Morgan fingerprint density at radius 2 is 2.05 bits per heavy atom. The van der Waals surface area contributed by atoms with Crippen LogP contribution in [-0.4, -0.2) is 22.5 Å². The van der Waals surface area contributed by atoms with Crippen LogP contribution in [0.25, 0.3) is 0 Å². The van der Waals surface area contributed by atoms with Gasteiger partial charge in [0.05, 0.1) is 10.6 Å². The lowest BCUT2D eigenvalue weighted by molar-refractivity contribution is 0.0963. The summed E-state index contributed by atoms with van der Waals surface area (Å²) in [6.45, 7) is 3.86. The van der Waals surface area contributed by atoms with E-state index in [1.165, 1.54) is 11.5 Å². The van der Waals surface area contributed by atoms with E-state index in [-0.39, 0.29) is 12.0 Å². The summed E-state index contributed by atoms with van der Waals surface area (Å²) in [5.74, 6) is 0.607. The van der Waals surface area contributed by atoms with Crippen molar-refractivity contribution in [3.05, 3.63) is 40.4 Å². The Hall–Kier alpha value is -1.95. The second-order valence-corrected chi connectivity index (χ2v) is 4.87. The largest absolute Gasteiger partial charge is 0.485 e. The third kappa shape index (κ3) is 3.08. The normalized spacial score (nSPS) is 11.9. The number of carbonyl (C=O) groups is 1. The molecule has 1 N–H and O–H groups in total. The number of nitrogens with one attached hydrogen (secondary N) is 1. The molecule has 0 spiro atoms. The lowest BCUT2D eigenvalue weighted by atomic mass is 10.2. The third-order valence-corrected chi connectivity index (χ3v) is 3.70. The number of nitrogens with zero attached hydrogens (tertiary/aromatic N) is 2. The van der Waals surface area contributed by atoms with E-state index in [1.54, 1.807) is 31.3 Å². The zero-order valence-electron chi connectivity index (χ0n) is 11.0. The fourth-order valence-electron chi connectivity index (χ4n) is 1.70. The average molecular weight is 277 g/mol. The van der Waals surface area contributed by atoms with Crippen molar-refractivity contribution < 1.29 is 9.53 Å². The molecule has 19 heavy (non-hydrogen) atoms. The highest BCUT2D eigenvalue weighted by Crippen LogP contribution is 2.25. The van der Waals surface area contributed by atoms with Crippen LogP contribution >= 0.6 is 11.5 Å². The first-order valence-electron chi connectivity index (χ1n) is 5.89.